The molecule has 1 aromatic rings. The molecule has 0 atom stereocenters. The first-order chi connectivity index (χ1) is 7.81. The molecule has 1 N–H and O–H groups in total. The minimum Gasteiger partial charge on any atom is -0.370 e. The number of hydrogen-bond donors (Lipinski definition) is 1. The predicted molar refractivity (Wildman–Crippen MR) is 67.2 cm³/mol. The summed E-state index contributed by atoms with van der Waals surface area (Å²) in [5, 5.41) is 3.30. The highest BCUT2D eigenvalue weighted by Gasteiger charge is 2.13. The van der Waals surface area contributed by atoms with Gasteiger partial charge in [-0.3, -0.25) is 4.79 Å². The molecule has 86 valence electrons. The molecule has 0 radical (unpaired) electrons. The first-order valence-corrected chi connectivity index (χ1v) is 5.94. The molecule has 0 aliphatic carbocycles. The number of nitrogens with one attached hydrogen (secondary N) is 1. The van der Waals surface area contributed by atoms with Crippen LogP contribution in [-0.2, 0) is 4.79 Å². The normalized spacial score (nSPS) is 15.9. The molecule has 0 unspecified atom stereocenters. The van der Waals surface area contributed by atoms with E-state index in [0.29, 0.717) is 11.4 Å². The van der Waals surface area contributed by atoms with E-state index in [1.54, 1.807) is 6.07 Å². The molecular weight excluding hydrogens is 224 g/mol. The maximum absolute atomic E-state index is 10.3. The van der Waals surface area contributed by atoms with Crippen molar-refractivity contribution in [2.24, 2.45) is 0 Å². The number of benzene rings is 1. The summed E-state index contributed by atoms with van der Waals surface area (Å²) in [6.45, 7) is 2.14. The highest BCUT2D eigenvalue weighted by Crippen LogP contribution is 2.30. The summed E-state index contributed by atoms with van der Waals surface area (Å²) in [6.07, 6.45) is 4.42. The van der Waals surface area contributed by atoms with Gasteiger partial charge in [-0.15, -0.1) is 0 Å². The van der Waals surface area contributed by atoms with Crippen molar-refractivity contribution in [2.45, 2.75) is 19.3 Å². The fraction of sp³-hybridized carbons (Fsp3) is 0.417. The van der Waals surface area contributed by atoms with Gasteiger partial charge in [0.2, 0.25) is 6.41 Å². The molecule has 0 bridgehead atoms. The molecule has 0 saturated carbocycles. The number of carbonyl (C=O) groups excluding carboxylic acids is 1. The van der Waals surface area contributed by atoms with E-state index in [1.807, 2.05) is 12.1 Å². The molecule has 0 spiro atoms. The van der Waals surface area contributed by atoms with Gasteiger partial charge in [-0.1, -0.05) is 11.6 Å². The second-order valence-electron chi connectivity index (χ2n) is 3.98. The fourth-order valence-corrected chi connectivity index (χ4v) is 2.36. The van der Waals surface area contributed by atoms with E-state index in [1.165, 1.54) is 19.3 Å². The summed E-state index contributed by atoms with van der Waals surface area (Å²) in [6, 6.07) is 5.64. The third-order valence-corrected chi connectivity index (χ3v) is 3.17. The van der Waals surface area contributed by atoms with Crippen molar-refractivity contribution in [3.8, 4) is 0 Å². The van der Waals surface area contributed by atoms with Gasteiger partial charge in [0.15, 0.2) is 0 Å². The molecule has 2 rings (SSSR count). The van der Waals surface area contributed by atoms with Gasteiger partial charge in [0.05, 0.1) is 10.7 Å². The molecule has 0 aromatic heterocycles. The Morgan fingerprint density at radius 2 is 2.00 bits per heavy atom. The van der Waals surface area contributed by atoms with Crippen molar-refractivity contribution >= 4 is 29.4 Å². The Bertz CT molecular complexity index is 375. The zero-order valence-electron chi connectivity index (χ0n) is 9.08. The third-order valence-electron chi connectivity index (χ3n) is 2.87. The minimum absolute atomic E-state index is 0.659. The van der Waals surface area contributed by atoms with Gasteiger partial charge in [0.1, 0.15) is 0 Å². The first-order valence-electron chi connectivity index (χ1n) is 5.56. The quantitative estimate of drug-likeness (QED) is 0.822. The Morgan fingerprint density at radius 1 is 1.25 bits per heavy atom. The van der Waals surface area contributed by atoms with Crippen molar-refractivity contribution in [1.82, 2.24) is 0 Å². The maximum atomic E-state index is 10.3. The molecule has 1 heterocycles. The van der Waals surface area contributed by atoms with Crippen LogP contribution in [0.4, 0.5) is 11.4 Å². The molecule has 16 heavy (non-hydrogen) atoms. The SMILES string of the molecule is O=CNc1ccc(N2CCCCC2)c(Cl)c1. The number of nitrogens with zero attached hydrogens (tertiary/aromatic N) is 1. The minimum atomic E-state index is 0.659. The highest BCUT2D eigenvalue weighted by molar-refractivity contribution is 6.33. The fourth-order valence-electron chi connectivity index (χ4n) is 2.06. The van der Waals surface area contributed by atoms with Gasteiger partial charge in [0, 0.05) is 18.8 Å². The van der Waals surface area contributed by atoms with Gasteiger partial charge in [-0.05, 0) is 37.5 Å². The summed E-state index contributed by atoms with van der Waals surface area (Å²) < 4.78 is 0. The number of carbonyl (C=O) groups is 1. The van der Waals surface area contributed by atoms with Crippen LogP contribution in [0.1, 0.15) is 19.3 Å². The van der Waals surface area contributed by atoms with Crippen LogP contribution >= 0.6 is 11.6 Å². The molecule has 1 aliphatic heterocycles. The zero-order chi connectivity index (χ0) is 11.4. The van der Waals surface area contributed by atoms with Crippen molar-refractivity contribution in [3.05, 3.63) is 23.2 Å². The highest BCUT2D eigenvalue weighted by atomic mass is 35.5. The van der Waals surface area contributed by atoms with Crippen molar-refractivity contribution in [3.63, 3.8) is 0 Å². The number of amides is 1. The zero-order valence-corrected chi connectivity index (χ0v) is 9.83. The molecule has 4 heteroatoms. The predicted octanol–water partition coefficient (Wildman–Crippen LogP) is 2.90. The van der Waals surface area contributed by atoms with E-state index in [-0.39, 0.29) is 0 Å². The van der Waals surface area contributed by atoms with Crippen LogP contribution in [0.2, 0.25) is 5.02 Å². The second kappa shape index (κ2) is 5.21. The van der Waals surface area contributed by atoms with E-state index in [9.17, 15) is 4.79 Å². The van der Waals surface area contributed by atoms with E-state index in [4.69, 9.17) is 11.6 Å². The molecule has 3 nitrogen and oxygen atoms in total. The summed E-state index contributed by atoms with van der Waals surface area (Å²) in [5.41, 5.74) is 1.80. The Morgan fingerprint density at radius 3 is 2.62 bits per heavy atom. The van der Waals surface area contributed by atoms with Crippen LogP contribution in [0.25, 0.3) is 0 Å². The van der Waals surface area contributed by atoms with Crippen molar-refractivity contribution in [1.29, 1.82) is 0 Å². The van der Waals surface area contributed by atoms with Gasteiger partial charge < -0.3 is 10.2 Å². The van der Waals surface area contributed by atoms with E-state index in [2.05, 4.69) is 10.2 Å². The van der Waals surface area contributed by atoms with Crippen LogP contribution in [0.5, 0.6) is 0 Å². The topological polar surface area (TPSA) is 32.3 Å². The number of rotatable bonds is 3. The van der Waals surface area contributed by atoms with Crippen LogP contribution in [0.3, 0.4) is 0 Å². The lowest BCUT2D eigenvalue weighted by Gasteiger charge is -2.29. The number of hydrogen-bond acceptors (Lipinski definition) is 2. The lowest BCUT2D eigenvalue weighted by molar-refractivity contribution is -0.105. The number of halogens is 1. The largest absolute Gasteiger partial charge is 0.370 e. The van der Waals surface area contributed by atoms with Crippen LogP contribution in [0, 0.1) is 0 Å². The van der Waals surface area contributed by atoms with E-state index < -0.39 is 0 Å². The van der Waals surface area contributed by atoms with Gasteiger partial charge in [-0.2, -0.15) is 0 Å². The van der Waals surface area contributed by atoms with Gasteiger partial charge in [0.25, 0.3) is 0 Å². The lowest BCUT2D eigenvalue weighted by Crippen LogP contribution is -2.29. The number of anilines is 2. The second-order valence-corrected chi connectivity index (χ2v) is 4.38. The molecule has 1 aromatic carbocycles. The summed E-state index contributed by atoms with van der Waals surface area (Å²) >= 11 is 6.20. The van der Waals surface area contributed by atoms with Crippen molar-refractivity contribution < 1.29 is 4.79 Å². The van der Waals surface area contributed by atoms with Crippen LogP contribution in [0.15, 0.2) is 18.2 Å². The Balaban J connectivity index is 2.17. The molecular formula is C12H15ClN2O. The standard InChI is InChI=1S/C12H15ClN2O/c13-11-8-10(14-9-16)4-5-12(11)15-6-2-1-3-7-15/h4-5,8-9H,1-3,6-7H2,(H,14,16). The summed E-state index contributed by atoms with van der Waals surface area (Å²) in [7, 11) is 0. The van der Waals surface area contributed by atoms with Gasteiger partial charge >= 0.3 is 0 Å². The molecule has 1 saturated heterocycles. The average molecular weight is 239 g/mol. The molecule has 1 amide bonds. The lowest BCUT2D eigenvalue weighted by atomic mass is 10.1. The smallest absolute Gasteiger partial charge is 0.211 e. The molecule has 1 fully saturated rings. The van der Waals surface area contributed by atoms with Crippen LogP contribution < -0.4 is 10.2 Å². The van der Waals surface area contributed by atoms with Crippen molar-refractivity contribution in [2.75, 3.05) is 23.3 Å². The molecule has 1 aliphatic rings. The number of piperidine rings is 1. The van der Waals surface area contributed by atoms with Gasteiger partial charge in [-0.25, -0.2) is 0 Å². The summed E-state index contributed by atoms with van der Waals surface area (Å²) in [4.78, 5) is 12.6. The summed E-state index contributed by atoms with van der Waals surface area (Å²) in [5.74, 6) is 0. The first kappa shape index (κ1) is 11.3. The van der Waals surface area contributed by atoms with E-state index in [0.717, 1.165) is 24.5 Å². The van der Waals surface area contributed by atoms with E-state index >= 15 is 0 Å². The Kier molecular flexibility index (Phi) is 3.67. The Labute approximate surface area is 100 Å². The van der Waals surface area contributed by atoms with Crippen LogP contribution in [-0.4, -0.2) is 19.5 Å². The Hall–Kier alpha value is -1.22. The third kappa shape index (κ3) is 2.47. The monoisotopic (exact) mass is 238 g/mol. The maximum Gasteiger partial charge on any atom is 0.211 e. The average Bonchev–Trinajstić information content (AvgIpc) is 2.31.